The van der Waals surface area contributed by atoms with E-state index in [9.17, 15) is 0 Å². The van der Waals surface area contributed by atoms with Gasteiger partial charge in [0.2, 0.25) is 0 Å². The van der Waals surface area contributed by atoms with Gasteiger partial charge in [0, 0.05) is 0 Å². The first kappa shape index (κ1) is 39.7. The van der Waals surface area contributed by atoms with Crippen LogP contribution in [0, 0.1) is 10.8 Å². The van der Waals surface area contributed by atoms with Gasteiger partial charge in [-0.2, -0.15) is 0 Å². The van der Waals surface area contributed by atoms with Crippen molar-refractivity contribution in [2.24, 2.45) is 10.8 Å². The Morgan fingerprint density at radius 2 is 0.923 bits per heavy atom. The first-order valence-corrected chi connectivity index (χ1v) is 36.2. The van der Waals surface area contributed by atoms with Crippen molar-refractivity contribution in [1.82, 2.24) is 0 Å². The Labute approximate surface area is 324 Å². The number of halogens is 2. The molecule has 2 aliphatic carbocycles. The molecule has 6 rings (SSSR count). The van der Waals surface area contributed by atoms with Crippen molar-refractivity contribution in [2.75, 3.05) is 0 Å². The van der Waals surface area contributed by atoms with E-state index in [1.807, 2.05) is 0 Å². The third-order valence-electron chi connectivity index (χ3n) is 11.6. The fourth-order valence-electron chi connectivity index (χ4n) is 9.38. The van der Waals surface area contributed by atoms with Gasteiger partial charge < -0.3 is 0 Å². The molecule has 0 N–H and O–H groups in total. The van der Waals surface area contributed by atoms with Crippen LogP contribution in [0.4, 0.5) is 0 Å². The SMILES string of the molecule is CCCc1ccc(-c2cccc3c2C=C(CC(C)(C)C)[CH]3[Zr]([Cl])([Cl])([CH]2C(CC(C)(C)C)=Cc3c(-c4ccc(CCC)cc4)cccc32)[SiH](C)C)cc1. The monoisotopic (exact) mass is 825 g/mol. The molecule has 4 aromatic rings. The summed E-state index contributed by atoms with van der Waals surface area (Å²) >= 11 is -4.98. The molecule has 2 aliphatic rings. The number of allylic oxidation sites excluding steroid dienone is 2. The maximum absolute atomic E-state index is 8.91. The van der Waals surface area contributed by atoms with Crippen LogP contribution in [0.1, 0.15) is 122 Å². The number of hydrogen-bond donors (Lipinski definition) is 0. The molecule has 0 heterocycles. The van der Waals surface area contributed by atoms with Crippen LogP contribution in [0.15, 0.2) is 96.1 Å². The number of fused-ring (bicyclic) bond motifs is 2. The second kappa shape index (κ2) is 14.9. The van der Waals surface area contributed by atoms with Gasteiger partial charge in [0.05, 0.1) is 0 Å². The molecule has 0 spiro atoms. The molecule has 275 valence electrons. The summed E-state index contributed by atoms with van der Waals surface area (Å²) in [5.74, 6) is -1.70. The Hall–Kier alpha value is -1.96. The summed E-state index contributed by atoms with van der Waals surface area (Å²) in [5.41, 5.74) is 16.5. The van der Waals surface area contributed by atoms with Crippen molar-refractivity contribution in [2.45, 2.75) is 114 Å². The van der Waals surface area contributed by atoms with E-state index in [2.05, 4.69) is 166 Å². The third-order valence-corrected chi connectivity index (χ3v) is 63.4. The molecule has 4 heteroatoms. The van der Waals surface area contributed by atoms with Crippen LogP contribution in [0.5, 0.6) is 0 Å². The minimum atomic E-state index is -4.98. The van der Waals surface area contributed by atoms with Crippen molar-refractivity contribution >= 4 is 35.1 Å². The van der Waals surface area contributed by atoms with E-state index in [1.54, 1.807) is 0 Å². The summed E-state index contributed by atoms with van der Waals surface area (Å²) in [5, 5.41) is 0. The molecule has 0 amide bonds. The molecule has 0 bridgehead atoms. The average Bonchev–Trinajstić information content (AvgIpc) is 3.62. The third kappa shape index (κ3) is 7.63. The van der Waals surface area contributed by atoms with Gasteiger partial charge in [0.15, 0.2) is 0 Å². The summed E-state index contributed by atoms with van der Waals surface area (Å²) < 4.78 is 0.141. The number of rotatable bonds is 11. The van der Waals surface area contributed by atoms with E-state index in [-0.39, 0.29) is 18.1 Å². The fraction of sp³-hybridized carbons (Fsp3) is 0.417. The molecule has 0 saturated carbocycles. The van der Waals surface area contributed by atoms with E-state index in [0.29, 0.717) is 0 Å². The van der Waals surface area contributed by atoms with Gasteiger partial charge in [0.1, 0.15) is 0 Å². The molecule has 52 heavy (non-hydrogen) atoms. The van der Waals surface area contributed by atoms with E-state index >= 15 is 0 Å². The van der Waals surface area contributed by atoms with Crippen molar-refractivity contribution in [3.05, 3.63) is 129 Å². The van der Waals surface area contributed by atoms with E-state index in [0.717, 1.165) is 38.5 Å². The van der Waals surface area contributed by atoms with Crippen LogP contribution in [0.25, 0.3) is 34.4 Å². The van der Waals surface area contributed by atoms with Crippen LogP contribution in [0.2, 0.25) is 13.1 Å². The van der Waals surface area contributed by atoms with Gasteiger partial charge in [-0.15, -0.1) is 0 Å². The van der Waals surface area contributed by atoms with Crippen LogP contribution in [0.3, 0.4) is 0 Å². The first-order valence-electron chi connectivity index (χ1n) is 19.9. The summed E-state index contributed by atoms with van der Waals surface area (Å²) in [6, 6.07) is 32.5. The number of benzene rings is 4. The molecule has 0 fully saturated rings. The molecule has 4 aromatic carbocycles. The molecular weight excluding hydrogens is 767 g/mol. The Morgan fingerprint density at radius 1 is 0.558 bits per heavy atom. The van der Waals surface area contributed by atoms with Crippen LogP contribution in [-0.4, -0.2) is 5.92 Å². The van der Waals surface area contributed by atoms with Crippen molar-refractivity contribution in [3.8, 4) is 22.3 Å². The maximum atomic E-state index is 8.91. The predicted molar refractivity (Wildman–Crippen MR) is 232 cm³/mol. The van der Waals surface area contributed by atoms with Crippen molar-refractivity contribution in [3.63, 3.8) is 0 Å². The zero-order valence-electron chi connectivity index (χ0n) is 33.5. The minimum absolute atomic E-state index is 0.0706. The second-order valence-electron chi connectivity index (χ2n) is 18.7. The zero-order valence-corrected chi connectivity index (χ0v) is 38.6. The molecule has 0 saturated heterocycles. The quantitative estimate of drug-likeness (QED) is 0.132. The number of hydrogen-bond acceptors (Lipinski definition) is 0. The molecule has 2 unspecified atom stereocenters. The standard InChI is InChI=1S/2C23H27.C2H7Si.2ClH.Zr/c2*1-5-7-17-10-12-19(13-11-17)21-9-6-8-20-14-18(15-22(20)21)16-23(2,3)4;1-3-2;;;/h2*6,8-15H,5,7,16H2,1-4H3;3H,1-2H3;2*1H;/q;;;;;+2/p-2. The Bertz CT molecular complexity index is 1850. The van der Waals surface area contributed by atoms with Gasteiger partial charge in [-0.3, -0.25) is 0 Å². The Balaban J connectivity index is 1.58. The van der Waals surface area contributed by atoms with Crippen LogP contribution < -0.4 is 0 Å². The van der Waals surface area contributed by atoms with E-state index in [1.165, 1.54) is 66.8 Å². The summed E-state index contributed by atoms with van der Waals surface area (Å²) in [7, 11) is 17.8. The molecule has 0 aromatic heterocycles. The fourth-order valence-corrected chi connectivity index (χ4v) is 40.7. The van der Waals surface area contributed by atoms with Gasteiger partial charge in [0.25, 0.3) is 0 Å². The van der Waals surface area contributed by atoms with Gasteiger partial charge in [-0.1, -0.05) is 0 Å². The predicted octanol–water partition coefficient (Wildman–Crippen LogP) is 15.4. The summed E-state index contributed by atoms with van der Waals surface area (Å²) in [4.78, 5) is 0. The average molecular weight is 828 g/mol. The Kier molecular flexibility index (Phi) is 11.4. The number of aryl methyl sites for hydroxylation is 2. The molecule has 0 nitrogen and oxygen atoms in total. The van der Waals surface area contributed by atoms with Gasteiger partial charge in [-0.25, -0.2) is 0 Å². The molecule has 0 radical (unpaired) electrons. The van der Waals surface area contributed by atoms with Crippen molar-refractivity contribution in [1.29, 1.82) is 0 Å². The normalized spacial score (nSPS) is 18.1. The Morgan fingerprint density at radius 3 is 1.23 bits per heavy atom. The van der Waals surface area contributed by atoms with Gasteiger partial charge >= 0.3 is 327 Å². The summed E-state index contributed by atoms with van der Waals surface area (Å²) in [6.45, 7) is 23.7. The zero-order chi connectivity index (χ0) is 37.7. The molecule has 0 aliphatic heterocycles. The van der Waals surface area contributed by atoms with E-state index < -0.39 is 21.5 Å². The van der Waals surface area contributed by atoms with E-state index in [4.69, 9.17) is 17.0 Å². The van der Waals surface area contributed by atoms with Crippen LogP contribution >= 0.6 is 17.0 Å². The van der Waals surface area contributed by atoms with Gasteiger partial charge in [-0.05, 0) is 0 Å². The molecule has 2 atom stereocenters. The topological polar surface area (TPSA) is 0 Å². The first-order chi connectivity index (χ1) is 24.4. The van der Waals surface area contributed by atoms with Crippen molar-refractivity contribution < 1.29 is 15.6 Å². The van der Waals surface area contributed by atoms with Crippen LogP contribution in [-0.2, 0) is 28.4 Å². The second-order valence-corrected chi connectivity index (χ2v) is 61.2. The summed E-state index contributed by atoms with van der Waals surface area (Å²) in [6.07, 6.45) is 11.6. The molecular formula is C48H61Cl2SiZr.